The molecule has 2 N–H and O–H groups in total. The van der Waals surface area contributed by atoms with E-state index >= 15 is 0 Å². The molecule has 1 heterocycles. The Bertz CT molecular complexity index is 1390. The minimum absolute atomic E-state index is 0.140. The molecule has 1 aliphatic heterocycles. The van der Waals surface area contributed by atoms with Gasteiger partial charge in [-0.2, -0.15) is 0 Å². The van der Waals surface area contributed by atoms with Gasteiger partial charge in [0.2, 0.25) is 0 Å². The second-order valence-electron chi connectivity index (χ2n) is 7.39. The van der Waals surface area contributed by atoms with Gasteiger partial charge in [-0.25, -0.2) is 4.90 Å². The van der Waals surface area contributed by atoms with Gasteiger partial charge in [-0.05, 0) is 54.1 Å². The Balaban J connectivity index is 1.50. The van der Waals surface area contributed by atoms with Crippen molar-refractivity contribution in [2.75, 3.05) is 10.2 Å². The summed E-state index contributed by atoms with van der Waals surface area (Å²) in [4.78, 5) is 39.2. The van der Waals surface area contributed by atoms with Crippen LogP contribution >= 0.6 is 58.0 Å². The third-order valence-electron chi connectivity index (χ3n) is 4.98. The van der Waals surface area contributed by atoms with Gasteiger partial charge in [0, 0.05) is 37.9 Å². The summed E-state index contributed by atoms with van der Waals surface area (Å²) in [6.45, 7) is 0.188. The highest BCUT2D eigenvalue weighted by atomic mass is 35.5. The highest BCUT2D eigenvalue weighted by molar-refractivity contribution is 6.53. The van der Waals surface area contributed by atoms with Crippen LogP contribution in [0.5, 0.6) is 0 Å². The van der Waals surface area contributed by atoms with Crippen LogP contribution in [0.2, 0.25) is 20.1 Å². The van der Waals surface area contributed by atoms with Crippen molar-refractivity contribution >= 4 is 87.1 Å². The molecule has 0 unspecified atom stereocenters. The molecule has 0 bridgehead atoms. The molecule has 0 radical (unpaired) electrons. The van der Waals surface area contributed by atoms with Crippen molar-refractivity contribution in [1.82, 2.24) is 5.32 Å². The Morgan fingerprint density at radius 3 is 2.20 bits per heavy atom. The minimum atomic E-state index is -0.730. The number of imide groups is 1. The predicted molar refractivity (Wildman–Crippen MR) is 140 cm³/mol. The lowest BCUT2D eigenvalue weighted by molar-refractivity contribution is -0.120. The molecule has 0 saturated heterocycles. The van der Waals surface area contributed by atoms with Crippen LogP contribution in [-0.4, -0.2) is 17.7 Å². The highest BCUT2D eigenvalue weighted by Gasteiger charge is 2.39. The Labute approximate surface area is 225 Å². The molecule has 0 saturated carbocycles. The standard InChI is InChI=1S/C24H14Cl5N3O3/c25-14-5-4-13(19(28)10-14)11-30-22(33)12-2-1-3-17(6-12)31-21-20(29)23(34)32(24(21)35)18-8-15(26)7-16(27)9-18/h1-10,31H,11H2,(H,30,33). The number of carbonyl (C=O) groups excluding carboxylic acids is 3. The normalized spacial score (nSPS) is 13.5. The summed E-state index contributed by atoms with van der Waals surface area (Å²) in [6.07, 6.45) is 0. The van der Waals surface area contributed by atoms with Crippen LogP contribution < -0.4 is 15.5 Å². The number of nitrogens with zero attached hydrogens (tertiary/aromatic N) is 1. The van der Waals surface area contributed by atoms with Gasteiger partial charge in [-0.15, -0.1) is 0 Å². The molecule has 1 aliphatic rings. The van der Waals surface area contributed by atoms with Crippen LogP contribution in [-0.2, 0) is 16.1 Å². The molecule has 0 atom stereocenters. The molecule has 0 fully saturated rings. The van der Waals surface area contributed by atoms with Crippen LogP contribution in [0.4, 0.5) is 11.4 Å². The largest absolute Gasteiger partial charge is 0.350 e. The van der Waals surface area contributed by atoms with E-state index in [1.54, 1.807) is 36.4 Å². The average molecular weight is 570 g/mol. The lowest BCUT2D eigenvalue weighted by Gasteiger charge is -2.16. The molecule has 11 heteroatoms. The summed E-state index contributed by atoms with van der Waals surface area (Å²) in [5.41, 5.74) is 1.43. The molecule has 3 aromatic rings. The molecule has 4 rings (SSSR count). The van der Waals surface area contributed by atoms with Gasteiger partial charge < -0.3 is 10.6 Å². The van der Waals surface area contributed by atoms with Gasteiger partial charge >= 0.3 is 0 Å². The average Bonchev–Trinajstić information content (AvgIpc) is 3.01. The lowest BCUT2D eigenvalue weighted by atomic mass is 10.1. The maximum atomic E-state index is 13.0. The van der Waals surface area contributed by atoms with Crippen molar-refractivity contribution in [2.24, 2.45) is 0 Å². The first-order chi connectivity index (χ1) is 16.6. The van der Waals surface area contributed by atoms with Crippen molar-refractivity contribution in [3.63, 3.8) is 0 Å². The Hall–Kier alpha value is -2.74. The van der Waals surface area contributed by atoms with E-state index in [0.29, 0.717) is 26.9 Å². The van der Waals surface area contributed by atoms with Gasteiger partial charge in [-0.1, -0.05) is 70.1 Å². The highest BCUT2D eigenvalue weighted by Crippen LogP contribution is 2.33. The van der Waals surface area contributed by atoms with Crippen molar-refractivity contribution in [3.05, 3.63) is 103 Å². The summed E-state index contributed by atoms with van der Waals surface area (Å²) >= 11 is 30.2. The number of amides is 3. The third kappa shape index (κ3) is 5.58. The lowest BCUT2D eigenvalue weighted by Crippen LogP contribution is -2.32. The number of rotatable bonds is 6. The van der Waals surface area contributed by atoms with E-state index in [2.05, 4.69) is 10.6 Å². The first-order valence-corrected chi connectivity index (χ1v) is 11.9. The quantitative estimate of drug-likeness (QED) is 0.325. The fraction of sp³-hybridized carbons (Fsp3) is 0.0417. The van der Waals surface area contributed by atoms with E-state index in [4.69, 9.17) is 58.0 Å². The van der Waals surface area contributed by atoms with Crippen LogP contribution in [0.25, 0.3) is 0 Å². The van der Waals surface area contributed by atoms with Crippen LogP contribution in [0, 0.1) is 0 Å². The molecule has 178 valence electrons. The van der Waals surface area contributed by atoms with Crippen molar-refractivity contribution < 1.29 is 14.4 Å². The first kappa shape index (κ1) is 25.4. The first-order valence-electron chi connectivity index (χ1n) is 9.98. The zero-order valence-corrected chi connectivity index (χ0v) is 21.3. The number of benzene rings is 3. The van der Waals surface area contributed by atoms with Crippen LogP contribution in [0.3, 0.4) is 0 Å². The van der Waals surface area contributed by atoms with Gasteiger partial charge in [0.1, 0.15) is 10.7 Å². The number of anilines is 2. The smallest absolute Gasteiger partial charge is 0.283 e. The summed E-state index contributed by atoms with van der Waals surface area (Å²) in [5.74, 6) is -1.79. The summed E-state index contributed by atoms with van der Waals surface area (Å²) in [7, 11) is 0. The number of hydrogen-bond acceptors (Lipinski definition) is 4. The van der Waals surface area contributed by atoms with E-state index in [0.717, 1.165) is 4.90 Å². The maximum Gasteiger partial charge on any atom is 0.283 e. The van der Waals surface area contributed by atoms with Crippen molar-refractivity contribution in [1.29, 1.82) is 0 Å². The molecule has 0 aliphatic carbocycles. The van der Waals surface area contributed by atoms with Gasteiger partial charge in [-0.3, -0.25) is 14.4 Å². The Morgan fingerprint density at radius 2 is 1.51 bits per heavy atom. The van der Waals surface area contributed by atoms with Gasteiger partial charge in [0.25, 0.3) is 17.7 Å². The van der Waals surface area contributed by atoms with Crippen molar-refractivity contribution in [2.45, 2.75) is 6.54 Å². The van der Waals surface area contributed by atoms with E-state index in [1.165, 1.54) is 24.3 Å². The predicted octanol–water partition coefficient (Wildman–Crippen LogP) is 6.67. The summed E-state index contributed by atoms with van der Waals surface area (Å²) in [5, 5.41) is 6.74. The Kier molecular flexibility index (Phi) is 7.59. The van der Waals surface area contributed by atoms with E-state index in [-0.39, 0.29) is 38.9 Å². The zero-order valence-electron chi connectivity index (χ0n) is 17.5. The van der Waals surface area contributed by atoms with E-state index in [9.17, 15) is 14.4 Å². The summed E-state index contributed by atoms with van der Waals surface area (Å²) in [6, 6.07) is 15.7. The maximum absolute atomic E-state index is 13.0. The SMILES string of the molecule is O=C(NCc1ccc(Cl)cc1Cl)c1cccc(NC2=C(Cl)C(=O)N(c3cc(Cl)cc(Cl)c3)C2=O)c1. The van der Waals surface area contributed by atoms with E-state index in [1.807, 2.05) is 0 Å². The number of carbonyl (C=O) groups is 3. The van der Waals surface area contributed by atoms with Crippen molar-refractivity contribution in [3.8, 4) is 0 Å². The third-order valence-corrected chi connectivity index (χ3v) is 6.36. The number of halogens is 5. The second-order valence-corrected chi connectivity index (χ2v) is 9.48. The monoisotopic (exact) mass is 567 g/mol. The van der Waals surface area contributed by atoms with Gasteiger partial charge in [0.15, 0.2) is 0 Å². The zero-order chi connectivity index (χ0) is 25.3. The number of nitrogens with one attached hydrogen (secondary N) is 2. The second kappa shape index (κ2) is 10.5. The summed E-state index contributed by atoms with van der Waals surface area (Å²) < 4.78 is 0. The number of hydrogen-bond donors (Lipinski definition) is 2. The molecule has 6 nitrogen and oxygen atoms in total. The minimum Gasteiger partial charge on any atom is -0.350 e. The molecule has 3 amide bonds. The molecular formula is C24H14Cl5N3O3. The van der Waals surface area contributed by atoms with Crippen LogP contribution in [0.15, 0.2) is 71.4 Å². The fourth-order valence-electron chi connectivity index (χ4n) is 3.34. The molecule has 0 spiro atoms. The van der Waals surface area contributed by atoms with Crippen LogP contribution in [0.1, 0.15) is 15.9 Å². The van der Waals surface area contributed by atoms with E-state index < -0.39 is 11.8 Å². The molecule has 3 aromatic carbocycles. The molecule has 0 aromatic heterocycles. The topological polar surface area (TPSA) is 78.5 Å². The molecule has 35 heavy (non-hydrogen) atoms. The van der Waals surface area contributed by atoms with Gasteiger partial charge in [0.05, 0.1) is 5.69 Å². The fourth-order valence-corrected chi connectivity index (χ4v) is 4.54. The molecular weight excluding hydrogens is 556 g/mol. The Morgan fingerprint density at radius 1 is 0.800 bits per heavy atom.